The summed E-state index contributed by atoms with van der Waals surface area (Å²) < 4.78 is 13.5. The molecule has 3 rings (SSSR count). The molecule has 3 aromatic rings. The van der Waals surface area contributed by atoms with E-state index in [4.69, 9.17) is 9.47 Å². The second-order valence-corrected chi connectivity index (χ2v) is 8.59. The molecule has 32 heavy (non-hydrogen) atoms. The number of urea groups is 1. The molecule has 166 valence electrons. The Balaban J connectivity index is 1.67. The summed E-state index contributed by atoms with van der Waals surface area (Å²) in [5.74, 6) is 1.20. The van der Waals surface area contributed by atoms with E-state index in [1.807, 2.05) is 74.5 Å². The first-order chi connectivity index (χ1) is 15.5. The number of hydrazone groups is 1. The molecule has 0 fully saturated rings. The third-order valence-corrected chi connectivity index (χ3v) is 5.52. The van der Waals surface area contributed by atoms with E-state index in [9.17, 15) is 4.79 Å². The quantitative estimate of drug-likeness (QED) is 0.239. The number of aryl methyl sites for hydroxylation is 1. The predicted octanol–water partition coefficient (Wildman–Crippen LogP) is 6.65. The first kappa shape index (κ1) is 23.8. The highest BCUT2D eigenvalue weighted by Crippen LogP contribution is 2.37. The number of hydrogen-bond acceptors (Lipinski definition) is 4. The van der Waals surface area contributed by atoms with Crippen LogP contribution in [-0.2, 0) is 6.61 Å². The van der Waals surface area contributed by atoms with Crippen LogP contribution in [0.5, 0.6) is 11.5 Å². The molecular weight excluding hydrogens is 538 g/mol. The Morgan fingerprint density at radius 3 is 2.53 bits per heavy atom. The Kier molecular flexibility index (Phi) is 8.70. The fourth-order valence-corrected chi connectivity index (χ4v) is 3.67. The largest absolute Gasteiger partial charge is 0.490 e. The lowest BCUT2D eigenvalue weighted by Gasteiger charge is -2.15. The zero-order valence-corrected chi connectivity index (χ0v) is 20.9. The number of benzene rings is 3. The van der Waals surface area contributed by atoms with Gasteiger partial charge in [0.2, 0.25) is 0 Å². The highest BCUT2D eigenvalue weighted by Gasteiger charge is 2.12. The van der Waals surface area contributed by atoms with Gasteiger partial charge in [-0.25, -0.2) is 10.2 Å². The summed E-state index contributed by atoms with van der Waals surface area (Å²) >= 11 is 6.98. The Morgan fingerprint density at radius 1 is 1.06 bits per heavy atom. The summed E-state index contributed by atoms with van der Waals surface area (Å²) in [7, 11) is 0. The Hall–Kier alpha value is -2.84. The molecule has 0 radical (unpaired) electrons. The standard InChI is InChI=1S/C24H23Br2N3O3/c1-3-31-22-13-18(14-27-29-24(30)28-21-7-5-4-6-16(21)2)12-20(26)23(22)32-15-17-8-10-19(25)11-9-17/h4-14H,3,15H2,1-2H3,(H2,28,29,30). The number of anilines is 1. The maximum atomic E-state index is 12.1. The minimum absolute atomic E-state index is 0.403. The molecule has 0 aliphatic rings. The normalized spacial score (nSPS) is 10.8. The van der Waals surface area contributed by atoms with Gasteiger partial charge in [-0.15, -0.1) is 0 Å². The molecule has 0 spiro atoms. The van der Waals surface area contributed by atoms with E-state index >= 15 is 0 Å². The van der Waals surface area contributed by atoms with Crippen LogP contribution in [0.4, 0.5) is 10.5 Å². The molecule has 3 aromatic carbocycles. The minimum Gasteiger partial charge on any atom is -0.490 e. The van der Waals surface area contributed by atoms with E-state index < -0.39 is 6.03 Å². The first-order valence-electron chi connectivity index (χ1n) is 9.95. The van der Waals surface area contributed by atoms with Crippen molar-refractivity contribution in [3.63, 3.8) is 0 Å². The van der Waals surface area contributed by atoms with Gasteiger partial charge in [0.1, 0.15) is 6.61 Å². The molecule has 0 aliphatic carbocycles. The molecule has 0 bridgehead atoms. The van der Waals surface area contributed by atoms with Crippen molar-refractivity contribution in [1.82, 2.24) is 5.43 Å². The second-order valence-electron chi connectivity index (χ2n) is 6.82. The highest BCUT2D eigenvalue weighted by atomic mass is 79.9. The molecule has 2 amide bonds. The molecule has 0 unspecified atom stereocenters. The van der Waals surface area contributed by atoms with Crippen molar-refractivity contribution < 1.29 is 14.3 Å². The van der Waals surface area contributed by atoms with E-state index in [1.54, 1.807) is 6.21 Å². The number of ether oxygens (including phenoxy) is 2. The molecule has 8 heteroatoms. The van der Waals surface area contributed by atoms with Gasteiger partial charge < -0.3 is 14.8 Å². The Morgan fingerprint density at radius 2 is 1.81 bits per heavy atom. The first-order valence-corrected chi connectivity index (χ1v) is 11.5. The molecule has 6 nitrogen and oxygen atoms in total. The number of nitrogens with zero attached hydrogens (tertiary/aromatic N) is 1. The van der Waals surface area contributed by atoms with Crippen molar-refractivity contribution in [2.75, 3.05) is 11.9 Å². The predicted molar refractivity (Wildman–Crippen MR) is 135 cm³/mol. The lowest BCUT2D eigenvalue weighted by molar-refractivity contribution is 0.252. The van der Waals surface area contributed by atoms with Gasteiger partial charge in [-0.2, -0.15) is 5.10 Å². The number of hydrogen-bond donors (Lipinski definition) is 2. The maximum Gasteiger partial charge on any atom is 0.339 e. The van der Waals surface area contributed by atoms with Crippen molar-refractivity contribution in [3.8, 4) is 11.5 Å². The third kappa shape index (κ3) is 6.83. The summed E-state index contributed by atoms with van der Waals surface area (Å²) in [6.07, 6.45) is 1.54. The van der Waals surface area contributed by atoms with E-state index in [0.717, 1.165) is 31.3 Å². The van der Waals surface area contributed by atoms with Crippen LogP contribution in [-0.4, -0.2) is 18.9 Å². The second kappa shape index (κ2) is 11.7. The van der Waals surface area contributed by atoms with Crippen molar-refractivity contribution in [2.45, 2.75) is 20.5 Å². The van der Waals surface area contributed by atoms with Crippen LogP contribution >= 0.6 is 31.9 Å². The van der Waals surface area contributed by atoms with Crippen LogP contribution < -0.4 is 20.2 Å². The van der Waals surface area contributed by atoms with Gasteiger partial charge >= 0.3 is 6.03 Å². The fraction of sp³-hybridized carbons (Fsp3) is 0.167. The number of amides is 2. The van der Waals surface area contributed by atoms with E-state index in [1.165, 1.54) is 0 Å². The number of nitrogens with one attached hydrogen (secondary N) is 2. The lowest BCUT2D eigenvalue weighted by atomic mass is 10.2. The molecule has 0 atom stereocenters. The number of carbonyl (C=O) groups is 1. The average molecular weight is 561 g/mol. The summed E-state index contributed by atoms with van der Waals surface area (Å²) in [4.78, 5) is 12.1. The van der Waals surface area contributed by atoms with Crippen LogP contribution in [0.2, 0.25) is 0 Å². The topological polar surface area (TPSA) is 72.0 Å². The van der Waals surface area contributed by atoms with Gasteiger partial charge in [0, 0.05) is 10.2 Å². The molecule has 0 aromatic heterocycles. The fourth-order valence-electron chi connectivity index (χ4n) is 2.83. The highest BCUT2D eigenvalue weighted by molar-refractivity contribution is 9.10. The lowest BCUT2D eigenvalue weighted by Crippen LogP contribution is -2.24. The summed E-state index contributed by atoms with van der Waals surface area (Å²) in [5.41, 5.74) is 5.95. The number of carbonyl (C=O) groups excluding carboxylic acids is 1. The van der Waals surface area contributed by atoms with Gasteiger partial charge in [0.05, 0.1) is 17.3 Å². The molecule has 0 heterocycles. The van der Waals surface area contributed by atoms with Gasteiger partial charge in [0.25, 0.3) is 0 Å². The summed E-state index contributed by atoms with van der Waals surface area (Å²) in [6, 6.07) is 18.7. The third-order valence-electron chi connectivity index (χ3n) is 4.40. The average Bonchev–Trinajstić information content (AvgIpc) is 2.76. The minimum atomic E-state index is -0.422. The zero-order valence-electron chi connectivity index (χ0n) is 17.7. The van der Waals surface area contributed by atoms with Crippen molar-refractivity contribution in [2.24, 2.45) is 5.10 Å². The number of para-hydroxylation sites is 1. The SMILES string of the molecule is CCOc1cc(C=NNC(=O)Nc2ccccc2C)cc(Br)c1OCc1ccc(Br)cc1. The summed E-state index contributed by atoms with van der Waals surface area (Å²) in [5, 5.41) is 6.80. The van der Waals surface area contributed by atoms with Crippen LogP contribution in [0.25, 0.3) is 0 Å². The van der Waals surface area contributed by atoms with Crippen molar-refractivity contribution in [3.05, 3.63) is 86.3 Å². The van der Waals surface area contributed by atoms with Gasteiger partial charge in [-0.3, -0.25) is 0 Å². The molecule has 0 saturated heterocycles. The van der Waals surface area contributed by atoms with Crippen molar-refractivity contribution >= 4 is 49.8 Å². The molecule has 0 saturated carbocycles. The van der Waals surface area contributed by atoms with E-state index in [2.05, 4.69) is 47.7 Å². The van der Waals surface area contributed by atoms with Crippen LogP contribution in [0, 0.1) is 6.92 Å². The Labute approximate surface area is 204 Å². The van der Waals surface area contributed by atoms with Crippen LogP contribution in [0.3, 0.4) is 0 Å². The smallest absolute Gasteiger partial charge is 0.339 e. The van der Waals surface area contributed by atoms with E-state index in [-0.39, 0.29) is 0 Å². The molecule has 2 N–H and O–H groups in total. The number of halogens is 2. The van der Waals surface area contributed by atoms with Crippen molar-refractivity contribution in [1.29, 1.82) is 0 Å². The van der Waals surface area contributed by atoms with Crippen LogP contribution in [0.1, 0.15) is 23.6 Å². The van der Waals surface area contributed by atoms with Gasteiger partial charge in [0.15, 0.2) is 11.5 Å². The monoisotopic (exact) mass is 559 g/mol. The molecule has 0 aliphatic heterocycles. The van der Waals surface area contributed by atoms with Crippen LogP contribution in [0.15, 0.2) is 74.7 Å². The summed E-state index contributed by atoms with van der Waals surface area (Å²) in [6.45, 7) is 4.72. The van der Waals surface area contributed by atoms with Gasteiger partial charge in [-0.05, 0) is 76.8 Å². The number of rotatable bonds is 8. The zero-order chi connectivity index (χ0) is 22.9. The maximum absolute atomic E-state index is 12.1. The van der Waals surface area contributed by atoms with Gasteiger partial charge in [-0.1, -0.05) is 46.3 Å². The van der Waals surface area contributed by atoms with E-state index in [0.29, 0.717) is 24.7 Å². The Bertz CT molecular complexity index is 1100. The molecular formula is C24H23Br2N3O3.